The third kappa shape index (κ3) is 5.71. The van der Waals surface area contributed by atoms with Gasteiger partial charge in [0.25, 0.3) is 0 Å². The van der Waals surface area contributed by atoms with Gasteiger partial charge in [-0.2, -0.15) is 0 Å². The minimum absolute atomic E-state index is 0.169. The highest BCUT2D eigenvalue weighted by Crippen LogP contribution is 1.80. The topological polar surface area (TPSA) is 67.2 Å². The lowest BCUT2D eigenvalue weighted by Gasteiger charge is -2.08. The average molecular weight is 163 g/mol. The van der Waals surface area contributed by atoms with E-state index in [1.807, 2.05) is 13.8 Å². The summed E-state index contributed by atoms with van der Waals surface area (Å²) in [5.74, 6) is 0.443. The summed E-state index contributed by atoms with van der Waals surface area (Å²) in [5.41, 5.74) is 0. The molecule has 0 unspecified atom stereocenters. The summed E-state index contributed by atoms with van der Waals surface area (Å²) in [6.07, 6.45) is 0. The molecule has 0 bridgehead atoms. The first kappa shape index (κ1) is 9.58. The number of hydrogen-bond acceptors (Lipinski definition) is 3. The predicted octanol–water partition coefficient (Wildman–Crippen LogP) is 0.258. The Morgan fingerprint density at radius 3 is 2.70 bits per heavy atom. The van der Waals surface area contributed by atoms with Crippen LogP contribution in [0.2, 0.25) is 0 Å². The van der Waals surface area contributed by atoms with Crippen LogP contribution in [0, 0.1) is 0 Å². The van der Waals surface area contributed by atoms with Gasteiger partial charge in [-0.3, -0.25) is 5.14 Å². The number of urea groups is 1. The van der Waals surface area contributed by atoms with E-state index >= 15 is 0 Å². The fourth-order valence-electron chi connectivity index (χ4n) is 0.420. The Labute approximate surface area is 65.1 Å². The molecule has 0 aromatic carbocycles. The normalized spacial score (nSPS) is 9.60. The van der Waals surface area contributed by atoms with E-state index in [1.54, 1.807) is 0 Å². The first-order valence-electron chi connectivity index (χ1n) is 3.03. The smallest absolute Gasteiger partial charge is 0.315 e. The van der Waals surface area contributed by atoms with E-state index in [4.69, 9.17) is 5.14 Å². The summed E-state index contributed by atoms with van der Waals surface area (Å²) in [6, 6.07) is -0.00396. The summed E-state index contributed by atoms with van der Waals surface area (Å²) in [6.45, 7) is 3.80. The van der Waals surface area contributed by atoms with E-state index < -0.39 is 0 Å². The minimum Gasteiger partial charge on any atom is -0.336 e. The molecule has 10 heavy (non-hydrogen) atoms. The number of carbonyl (C=O) groups is 1. The van der Waals surface area contributed by atoms with E-state index in [0.29, 0.717) is 5.88 Å². The molecule has 0 spiro atoms. The maximum atomic E-state index is 10.7. The molecule has 0 saturated carbocycles. The lowest BCUT2D eigenvalue weighted by atomic mass is 10.4. The molecule has 0 aliphatic heterocycles. The highest BCUT2D eigenvalue weighted by atomic mass is 32.2. The zero-order chi connectivity index (χ0) is 7.98. The van der Waals surface area contributed by atoms with Gasteiger partial charge in [-0.15, -0.1) is 0 Å². The Morgan fingerprint density at radius 1 is 1.70 bits per heavy atom. The van der Waals surface area contributed by atoms with Gasteiger partial charge in [0.1, 0.15) is 0 Å². The molecule has 0 atom stereocenters. The largest absolute Gasteiger partial charge is 0.336 e. The molecule has 4 nitrogen and oxygen atoms in total. The fraction of sp³-hybridized carbons (Fsp3) is 0.800. The molecule has 0 aromatic rings. The summed E-state index contributed by atoms with van der Waals surface area (Å²) < 4.78 is 0. The van der Waals surface area contributed by atoms with Crippen LogP contribution in [-0.2, 0) is 0 Å². The Bertz CT molecular complexity index is 107. The molecule has 0 rings (SSSR count). The maximum Gasteiger partial charge on any atom is 0.315 e. The lowest BCUT2D eigenvalue weighted by molar-refractivity contribution is 0.240. The summed E-state index contributed by atoms with van der Waals surface area (Å²) in [5, 5.41) is 10.3. The number of hydrogen-bond donors (Lipinski definition) is 3. The van der Waals surface area contributed by atoms with E-state index in [2.05, 4.69) is 10.6 Å². The lowest BCUT2D eigenvalue weighted by Crippen LogP contribution is -2.39. The molecule has 2 amide bonds. The third-order valence-corrected chi connectivity index (χ3v) is 1.05. The molecule has 4 N–H and O–H groups in total. The number of nitrogens with two attached hydrogens (primary N) is 1. The number of nitrogens with one attached hydrogen (secondary N) is 2. The Kier molecular flexibility index (Phi) is 5.15. The van der Waals surface area contributed by atoms with Gasteiger partial charge in [0, 0.05) is 6.04 Å². The van der Waals surface area contributed by atoms with E-state index in [1.165, 1.54) is 0 Å². The van der Waals surface area contributed by atoms with Crippen molar-refractivity contribution in [2.45, 2.75) is 19.9 Å². The van der Waals surface area contributed by atoms with Gasteiger partial charge in [-0.05, 0) is 13.8 Å². The zero-order valence-corrected chi connectivity index (χ0v) is 6.99. The van der Waals surface area contributed by atoms with Gasteiger partial charge in [-0.25, -0.2) is 4.79 Å². The first-order chi connectivity index (χ1) is 4.66. The van der Waals surface area contributed by atoms with Crippen molar-refractivity contribution >= 4 is 18.0 Å². The number of carbonyl (C=O) groups excluding carboxylic acids is 1. The molecule has 0 fully saturated rings. The second kappa shape index (κ2) is 5.37. The molecular weight excluding hydrogens is 150 g/mol. The third-order valence-electron chi connectivity index (χ3n) is 0.736. The van der Waals surface area contributed by atoms with Crippen LogP contribution in [0.3, 0.4) is 0 Å². The van der Waals surface area contributed by atoms with Crippen LogP contribution in [0.4, 0.5) is 4.79 Å². The van der Waals surface area contributed by atoms with Gasteiger partial charge in [0.2, 0.25) is 0 Å². The SMILES string of the molecule is CC(C)NC(=O)NCSN. The van der Waals surface area contributed by atoms with Gasteiger partial charge >= 0.3 is 6.03 Å². The standard InChI is InChI=1S/C5H13N3OS/c1-4(2)8-5(9)7-3-10-6/h4H,3,6H2,1-2H3,(H2,7,8,9). The van der Waals surface area contributed by atoms with Gasteiger partial charge in [0.05, 0.1) is 5.88 Å². The molecule has 0 aliphatic carbocycles. The second-order valence-electron chi connectivity index (χ2n) is 2.12. The minimum atomic E-state index is -0.173. The quantitative estimate of drug-likeness (QED) is 0.413. The summed E-state index contributed by atoms with van der Waals surface area (Å²) in [4.78, 5) is 10.7. The predicted molar refractivity (Wildman–Crippen MR) is 43.4 cm³/mol. The summed E-state index contributed by atoms with van der Waals surface area (Å²) in [7, 11) is 0. The van der Waals surface area contributed by atoms with Crippen molar-refractivity contribution in [2.75, 3.05) is 5.88 Å². The van der Waals surface area contributed by atoms with Crippen LogP contribution in [0.5, 0.6) is 0 Å². The molecule has 0 aliphatic rings. The fourth-order valence-corrected chi connectivity index (χ4v) is 0.635. The van der Waals surface area contributed by atoms with Crippen LogP contribution in [0.15, 0.2) is 0 Å². The Balaban J connectivity index is 3.26. The summed E-state index contributed by atoms with van der Waals surface area (Å²) >= 11 is 1.09. The molecule has 5 heteroatoms. The monoisotopic (exact) mass is 163 g/mol. The van der Waals surface area contributed by atoms with Crippen molar-refractivity contribution in [3.8, 4) is 0 Å². The van der Waals surface area contributed by atoms with Gasteiger partial charge < -0.3 is 10.6 Å². The van der Waals surface area contributed by atoms with Crippen molar-refractivity contribution in [3.63, 3.8) is 0 Å². The highest BCUT2D eigenvalue weighted by molar-refractivity contribution is 7.97. The second-order valence-corrected chi connectivity index (χ2v) is 2.74. The average Bonchev–Trinajstić information content (AvgIpc) is 1.82. The molecule has 0 heterocycles. The van der Waals surface area contributed by atoms with Gasteiger partial charge in [0.15, 0.2) is 0 Å². The highest BCUT2D eigenvalue weighted by Gasteiger charge is 1.98. The molecular formula is C5H13N3OS. The van der Waals surface area contributed by atoms with Gasteiger partial charge in [-0.1, -0.05) is 11.9 Å². The van der Waals surface area contributed by atoms with Crippen molar-refractivity contribution in [1.29, 1.82) is 0 Å². The van der Waals surface area contributed by atoms with Crippen LogP contribution < -0.4 is 15.8 Å². The van der Waals surface area contributed by atoms with Crippen molar-refractivity contribution in [3.05, 3.63) is 0 Å². The number of rotatable bonds is 3. The molecule has 60 valence electrons. The van der Waals surface area contributed by atoms with E-state index in [9.17, 15) is 4.79 Å². The molecule has 0 saturated heterocycles. The Hall–Kier alpha value is -0.420. The Morgan fingerprint density at radius 2 is 2.30 bits per heavy atom. The van der Waals surface area contributed by atoms with Crippen molar-refractivity contribution in [1.82, 2.24) is 10.6 Å². The van der Waals surface area contributed by atoms with Crippen molar-refractivity contribution < 1.29 is 4.79 Å². The van der Waals surface area contributed by atoms with E-state index in [0.717, 1.165) is 11.9 Å². The first-order valence-corrected chi connectivity index (χ1v) is 4.07. The molecule has 0 aromatic heterocycles. The van der Waals surface area contributed by atoms with Crippen LogP contribution in [-0.4, -0.2) is 17.9 Å². The van der Waals surface area contributed by atoms with Crippen LogP contribution in [0.1, 0.15) is 13.8 Å². The zero-order valence-electron chi connectivity index (χ0n) is 6.18. The van der Waals surface area contributed by atoms with Crippen molar-refractivity contribution in [2.24, 2.45) is 5.14 Å². The maximum absolute atomic E-state index is 10.7. The number of amides is 2. The van der Waals surface area contributed by atoms with Crippen LogP contribution in [0.25, 0.3) is 0 Å². The van der Waals surface area contributed by atoms with Crippen LogP contribution >= 0.6 is 11.9 Å². The molecule has 0 radical (unpaired) electrons. The van der Waals surface area contributed by atoms with E-state index in [-0.39, 0.29) is 12.1 Å².